The normalized spacial score (nSPS) is 12.6. The minimum atomic E-state index is -0.784. The van der Waals surface area contributed by atoms with Gasteiger partial charge >= 0.3 is 5.97 Å². The second kappa shape index (κ2) is 6.34. The van der Waals surface area contributed by atoms with E-state index in [1.807, 2.05) is 37.1 Å². The summed E-state index contributed by atoms with van der Waals surface area (Å²) in [6.07, 6.45) is 6.28. The molecule has 0 saturated carbocycles. The zero-order chi connectivity index (χ0) is 16.4. The summed E-state index contributed by atoms with van der Waals surface area (Å²) in [7, 11) is 0. The van der Waals surface area contributed by atoms with Crippen LogP contribution in [0.25, 0.3) is 5.69 Å². The Bertz CT molecular complexity index is 663. The number of carbonyl (C=O) groups is 1. The topological polar surface area (TPSA) is 46.1 Å². The van der Waals surface area contributed by atoms with Crippen LogP contribution in [0.2, 0.25) is 0 Å². The number of hydrogen-bond acceptors (Lipinski definition) is 1. The van der Waals surface area contributed by atoms with E-state index in [4.69, 9.17) is 0 Å². The molecule has 1 aromatic carbocycles. The summed E-state index contributed by atoms with van der Waals surface area (Å²) in [6, 6.07) is 3.78. The molecule has 118 valence electrons. The summed E-state index contributed by atoms with van der Waals surface area (Å²) in [5.74, 6) is -0.450. The monoisotopic (exact) mass is 301 g/mol. The number of carboxylic acid groups (broad SMARTS) is 1. The number of carboxylic acids is 1. The molecule has 0 saturated heterocycles. The van der Waals surface area contributed by atoms with E-state index < -0.39 is 12.0 Å². The lowest BCUT2D eigenvalue weighted by molar-refractivity contribution is -0.596. The molecule has 0 unspecified atom stereocenters. The van der Waals surface area contributed by atoms with Crippen molar-refractivity contribution in [2.45, 2.75) is 47.1 Å². The van der Waals surface area contributed by atoms with Gasteiger partial charge in [-0.1, -0.05) is 31.5 Å². The van der Waals surface area contributed by atoms with Gasteiger partial charge in [0.25, 0.3) is 0 Å². The van der Waals surface area contributed by atoms with Crippen molar-refractivity contribution in [2.75, 3.05) is 0 Å². The number of aryl methyl sites for hydroxylation is 3. The number of hydrogen-bond donors (Lipinski definition) is 1. The Balaban J connectivity index is 2.41. The fraction of sp³-hybridized carbons (Fsp3) is 0.444. The maximum atomic E-state index is 11.5. The highest BCUT2D eigenvalue weighted by molar-refractivity contribution is 5.71. The lowest BCUT2D eigenvalue weighted by Crippen LogP contribution is -2.31. The third-order valence-corrected chi connectivity index (χ3v) is 3.89. The van der Waals surface area contributed by atoms with Gasteiger partial charge in [-0.2, -0.15) is 0 Å². The van der Waals surface area contributed by atoms with E-state index in [2.05, 4.69) is 32.9 Å². The SMILES string of the molecule is Cc1cc(C)c(-[n+]2ccn([C@@H](CC(C)C)C(=O)O)c2)c(C)c1. The second-order valence-electron chi connectivity index (χ2n) is 6.50. The third kappa shape index (κ3) is 3.38. The van der Waals surface area contributed by atoms with Crippen LogP contribution in [0, 0.1) is 26.7 Å². The van der Waals surface area contributed by atoms with Crippen LogP contribution in [0.5, 0.6) is 0 Å². The van der Waals surface area contributed by atoms with Gasteiger partial charge in [0.15, 0.2) is 6.04 Å². The van der Waals surface area contributed by atoms with Crippen molar-refractivity contribution in [3.05, 3.63) is 47.5 Å². The Morgan fingerprint density at radius 2 is 1.82 bits per heavy atom. The highest BCUT2D eigenvalue weighted by Gasteiger charge is 2.26. The van der Waals surface area contributed by atoms with Gasteiger partial charge in [0, 0.05) is 6.42 Å². The summed E-state index contributed by atoms with van der Waals surface area (Å²) in [6.45, 7) is 10.3. The van der Waals surface area contributed by atoms with Crippen LogP contribution in [0.15, 0.2) is 30.9 Å². The first-order chi connectivity index (χ1) is 10.3. The molecule has 2 rings (SSSR count). The van der Waals surface area contributed by atoms with Crippen LogP contribution in [-0.2, 0) is 4.79 Å². The maximum absolute atomic E-state index is 11.5. The van der Waals surface area contributed by atoms with Crippen LogP contribution in [0.1, 0.15) is 43.0 Å². The van der Waals surface area contributed by atoms with Gasteiger partial charge in [-0.05, 0) is 37.8 Å². The molecule has 2 aromatic rings. The van der Waals surface area contributed by atoms with E-state index in [0.717, 1.165) is 5.69 Å². The number of nitrogens with zero attached hydrogens (tertiary/aromatic N) is 2. The quantitative estimate of drug-likeness (QED) is 0.861. The first-order valence-corrected chi connectivity index (χ1v) is 7.69. The van der Waals surface area contributed by atoms with Gasteiger partial charge < -0.3 is 5.11 Å². The molecule has 4 heteroatoms. The molecule has 0 radical (unpaired) electrons. The zero-order valence-electron chi connectivity index (χ0n) is 14.0. The van der Waals surface area contributed by atoms with E-state index in [1.54, 1.807) is 4.57 Å². The number of imidazole rings is 1. The molecule has 0 amide bonds. The molecule has 1 N–H and O–H groups in total. The average molecular weight is 301 g/mol. The predicted molar refractivity (Wildman–Crippen MR) is 86.3 cm³/mol. The average Bonchev–Trinajstić information content (AvgIpc) is 2.83. The minimum absolute atomic E-state index is 0.333. The lowest BCUT2D eigenvalue weighted by atomic mass is 10.0. The zero-order valence-corrected chi connectivity index (χ0v) is 14.0. The Kier molecular flexibility index (Phi) is 4.69. The number of rotatable bonds is 5. The summed E-state index contributed by atoms with van der Waals surface area (Å²) < 4.78 is 3.81. The smallest absolute Gasteiger partial charge is 0.349 e. The van der Waals surface area contributed by atoms with Gasteiger partial charge in [-0.15, -0.1) is 0 Å². The number of aliphatic carboxylic acids is 1. The van der Waals surface area contributed by atoms with E-state index in [0.29, 0.717) is 12.3 Å². The van der Waals surface area contributed by atoms with Crippen molar-refractivity contribution < 1.29 is 14.5 Å². The molecule has 0 bridgehead atoms. The molecule has 0 aliphatic rings. The van der Waals surface area contributed by atoms with Crippen LogP contribution in [-0.4, -0.2) is 15.6 Å². The molecule has 4 nitrogen and oxygen atoms in total. The van der Waals surface area contributed by atoms with Crippen LogP contribution in [0.4, 0.5) is 0 Å². The van der Waals surface area contributed by atoms with E-state index >= 15 is 0 Å². The molecule has 0 spiro atoms. The van der Waals surface area contributed by atoms with Crippen molar-refractivity contribution >= 4 is 5.97 Å². The highest BCUT2D eigenvalue weighted by atomic mass is 16.4. The van der Waals surface area contributed by atoms with Crippen molar-refractivity contribution in [3.8, 4) is 5.69 Å². The Hall–Kier alpha value is -2.10. The predicted octanol–water partition coefficient (Wildman–Crippen LogP) is 3.36. The van der Waals surface area contributed by atoms with E-state index in [-0.39, 0.29) is 0 Å². The molecule has 1 aromatic heterocycles. The Morgan fingerprint density at radius 3 is 2.32 bits per heavy atom. The molecule has 0 aliphatic carbocycles. The maximum Gasteiger partial charge on any atom is 0.349 e. The van der Waals surface area contributed by atoms with Gasteiger partial charge in [-0.25, -0.2) is 13.9 Å². The van der Waals surface area contributed by atoms with Gasteiger partial charge in [0.1, 0.15) is 18.1 Å². The van der Waals surface area contributed by atoms with E-state index in [1.165, 1.54) is 16.7 Å². The number of aromatic nitrogens is 2. The fourth-order valence-corrected chi connectivity index (χ4v) is 3.06. The lowest BCUT2D eigenvalue weighted by Gasteiger charge is -2.11. The fourth-order valence-electron chi connectivity index (χ4n) is 3.06. The first-order valence-electron chi connectivity index (χ1n) is 7.69. The largest absolute Gasteiger partial charge is 0.478 e. The summed E-state index contributed by atoms with van der Waals surface area (Å²) in [5, 5.41) is 9.47. The standard InChI is InChI=1S/C18H24N2O2/c1-12(2)8-16(18(21)22)19-6-7-20(11-19)17-14(4)9-13(3)10-15(17)5/h6-7,9-12,16H,8H2,1-5H3/p+1/t16-/m0/s1. The van der Waals surface area contributed by atoms with Gasteiger partial charge in [-0.3, -0.25) is 0 Å². The molecule has 1 heterocycles. The van der Waals surface area contributed by atoms with Gasteiger partial charge in [0.2, 0.25) is 6.33 Å². The highest BCUT2D eigenvalue weighted by Crippen LogP contribution is 2.19. The third-order valence-electron chi connectivity index (χ3n) is 3.89. The molecule has 1 atom stereocenters. The van der Waals surface area contributed by atoms with Crippen LogP contribution < -0.4 is 4.57 Å². The van der Waals surface area contributed by atoms with Crippen LogP contribution >= 0.6 is 0 Å². The van der Waals surface area contributed by atoms with Crippen molar-refractivity contribution in [1.82, 2.24) is 4.57 Å². The molecule has 0 fully saturated rings. The molecular formula is C18H25N2O2+. The first kappa shape index (κ1) is 16.3. The summed E-state index contributed by atoms with van der Waals surface area (Å²) in [4.78, 5) is 11.5. The molecule has 0 aliphatic heterocycles. The van der Waals surface area contributed by atoms with Crippen LogP contribution in [0.3, 0.4) is 0 Å². The van der Waals surface area contributed by atoms with Crippen molar-refractivity contribution in [3.63, 3.8) is 0 Å². The second-order valence-corrected chi connectivity index (χ2v) is 6.50. The number of benzene rings is 1. The Morgan fingerprint density at radius 1 is 1.23 bits per heavy atom. The van der Waals surface area contributed by atoms with Crippen molar-refractivity contribution in [1.29, 1.82) is 0 Å². The molecule has 22 heavy (non-hydrogen) atoms. The molecular weight excluding hydrogens is 276 g/mol. The van der Waals surface area contributed by atoms with Gasteiger partial charge in [0.05, 0.1) is 0 Å². The summed E-state index contributed by atoms with van der Waals surface area (Å²) in [5.41, 5.74) is 4.74. The van der Waals surface area contributed by atoms with E-state index in [9.17, 15) is 9.90 Å². The van der Waals surface area contributed by atoms with Crippen molar-refractivity contribution in [2.24, 2.45) is 5.92 Å². The minimum Gasteiger partial charge on any atom is -0.478 e. The summed E-state index contributed by atoms with van der Waals surface area (Å²) >= 11 is 0. The Labute approximate surface area is 132 Å².